The molecule has 3 rings (SSSR count). The average molecular weight is 290 g/mol. The van der Waals surface area contributed by atoms with E-state index in [1.807, 2.05) is 23.1 Å². The average Bonchev–Trinajstić information content (AvgIpc) is 3.16. The normalized spacial score (nSPS) is 25.3. The number of carbonyl (C=O) groups is 1. The maximum atomic E-state index is 12.4. The lowest BCUT2D eigenvalue weighted by atomic mass is 10.2. The van der Waals surface area contributed by atoms with Gasteiger partial charge in [0.25, 0.3) is 5.91 Å². The molecule has 2 N–H and O–H groups in total. The largest absolute Gasteiger partial charge is 0.491 e. The molecule has 0 bridgehead atoms. The second-order valence-corrected chi connectivity index (χ2v) is 5.77. The van der Waals surface area contributed by atoms with Gasteiger partial charge in [-0.15, -0.1) is 0 Å². The van der Waals surface area contributed by atoms with Gasteiger partial charge >= 0.3 is 0 Å². The first-order chi connectivity index (χ1) is 10.2. The lowest BCUT2D eigenvalue weighted by Gasteiger charge is -2.17. The van der Waals surface area contributed by atoms with Crippen LogP contribution < -0.4 is 10.5 Å². The number of rotatable bonds is 4. The number of amides is 1. The minimum absolute atomic E-state index is 0.0329. The third-order valence-electron chi connectivity index (χ3n) is 4.05. The molecule has 0 radical (unpaired) electrons. The molecule has 2 saturated heterocycles. The molecular weight excluding hydrogens is 268 g/mol. The van der Waals surface area contributed by atoms with Gasteiger partial charge in [0, 0.05) is 31.3 Å². The van der Waals surface area contributed by atoms with E-state index in [0.717, 1.165) is 38.2 Å². The number of likely N-dealkylation sites (tertiary alicyclic amines) is 1. The van der Waals surface area contributed by atoms with Gasteiger partial charge in [0.15, 0.2) is 0 Å². The Bertz CT molecular complexity index is 500. The highest BCUT2D eigenvalue weighted by atomic mass is 16.5. The van der Waals surface area contributed by atoms with E-state index < -0.39 is 0 Å². The van der Waals surface area contributed by atoms with E-state index in [2.05, 4.69) is 0 Å². The maximum absolute atomic E-state index is 12.4. The maximum Gasteiger partial charge on any atom is 0.254 e. The highest BCUT2D eigenvalue weighted by molar-refractivity contribution is 5.94. The van der Waals surface area contributed by atoms with Crippen molar-refractivity contribution in [1.29, 1.82) is 0 Å². The molecule has 0 aromatic heterocycles. The summed E-state index contributed by atoms with van der Waals surface area (Å²) >= 11 is 0. The summed E-state index contributed by atoms with van der Waals surface area (Å²) in [5.74, 6) is 0.755. The summed E-state index contributed by atoms with van der Waals surface area (Å²) in [4.78, 5) is 14.2. The Hall–Kier alpha value is -1.59. The fourth-order valence-electron chi connectivity index (χ4n) is 2.84. The zero-order valence-electron chi connectivity index (χ0n) is 12.2. The van der Waals surface area contributed by atoms with E-state index in [1.165, 1.54) is 0 Å². The molecule has 1 aromatic rings. The van der Waals surface area contributed by atoms with Gasteiger partial charge in [0.2, 0.25) is 0 Å². The van der Waals surface area contributed by atoms with E-state index in [1.54, 1.807) is 6.07 Å². The molecule has 0 spiro atoms. The SMILES string of the molecule is N[C@@H]1CCN(C(=O)c2cccc(OCC3CCCO3)c2)C1. The summed E-state index contributed by atoms with van der Waals surface area (Å²) in [7, 11) is 0. The molecular formula is C16H22N2O3. The van der Waals surface area contributed by atoms with E-state index in [9.17, 15) is 4.79 Å². The van der Waals surface area contributed by atoms with Gasteiger partial charge in [0.1, 0.15) is 12.4 Å². The van der Waals surface area contributed by atoms with Crippen molar-refractivity contribution in [2.45, 2.75) is 31.4 Å². The number of ether oxygens (including phenoxy) is 2. The molecule has 114 valence electrons. The van der Waals surface area contributed by atoms with Crippen molar-refractivity contribution in [3.63, 3.8) is 0 Å². The Balaban J connectivity index is 1.60. The summed E-state index contributed by atoms with van der Waals surface area (Å²) in [6.45, 7) is 2.74. The molecule has 1 aromatic carbocycles. The number of hydrogen-bond donors (Lipinski definition) is 1. The van der Waals surface area contributed by atoms with Crippen LogP contribution in [-0.4, -0.2) is 49.3 Å². The lowest BCUT2D eigenvalue weighted by Crippen LogP contribution is -2.31. The fourth-order valence-corrected chi connectivity index (χ4v) is 2.84. The van der Waals surface area contributed by atoms with Crippen LogP contribution in [0.3, 0.4) is 0 Å². The van der Waals surface area contributed by atoms with Crippen LogP contribution in [0.25, 0.3) is 0 Å². The number of nitrogens with two attached hydrogens (primary N) is 1. The monoisotopic (exact) mass is 290 g/mol. The topological polar surface area (TPSA) is 64.8 Å². The van der Waals surface area contributed by atoms with Gasteiger partial charge in [-0.2, -0.15) is 0 Å². The van der Waals surface area contributed by atoms with Gasteiger partial charge in [-0.1, -0.05) is 6.07 Å². The summed E-state index contributed by atoms with van der Waals surface area (Å²) in [5, 5.41) is 0. The highest BCUT2D eigenvalue weighted by Crippen LogP contribution is 2.19. The molecule has 1 amide bonds. The zero-order chi connectivity index (χ0) is 14.7. The Kier molecular flexibility index (Phi) is 4.41. The summed E-state index contributed by atoms with van der Waals surface area (Å²) in [6.07, 6.45) is 3.20. The quantitative estimate of drug-likeness (QED) is 0.911. The minimum atomic E-state index is 0.0329. The molecule has 0 saturated carbocycles. The van der Waals surface area contributed by atoms with E-state index >= 15 is 0 Å². The highest BCUT2D eigenvalue weighted by Gasteiger charge is 2.24. The van der Waals surface area contributed by atoms with Crippen LogP contribution in [-0.2, 0) is 4.74 Å². The summed E-state index contributed by atoms with van der Waals surface area (Å²) in [6, 6.07) is 7.47. The second kappa shape index (κ2) is 6.45. The molecule has 0 aliphatic carbocycles. The molecule has 5 nitrogen and oxygen atoms in total. The minimum Gasteiger partial charge on any atom is -0.491 e. The van der Waals surface area contributed by atoms with Crippen molar-refractivity contribution in [2.24, 2.45) is 5.73 Å². The molecule has 2 aliphatic heterocycles. The smallest absolute Gasteiger partial charge is 0.254 e. The molecule has 2 aliphatic rings. The van der Waals surface area contributed by atoms with Gasteiger partial charge < -0.3 is 20.1 Å². The van der Waals surface area contributed by atoms with Crippen molar-refractivity contribution in [3.8, 4) is 5.75 Å². The Morgan fingerprint density at radius 1 is 1.43 bits per heavy atom. The summed E-state index contributed by atoms with van der Waals surface area (Å²) in [5.41, 5.74) is 6.52. The van der Waals surface area contributed by atoms with Gasteiger partial charge in [-0.3, -0.25) is 4.79 Å². The van der Waals surface area contributed by atoms with Crippen LogP contribution in [0.5, 0.6) is 5.75 Å². The van der Waals surface area contributed by atoms with Crippen molar-refractivity contribution < 1.29 is 14.3 Å². The van der Waals surface area contributed by atoms with Gasteiger partial charge in [-0.05, 0) is 37.5 Å². The molecule has 2 atom stereocenters. The first-order valence-corrected chi connectivity index (χ1v) is 7.62. The van der Waals surface area contributed by atoms with Crippen molar-refractivity contribution in [1.82, 2.24) is 4.90 Å². The molecule has 2 fully saturated rings. The van der Waals surface area contributed by atoms with Crippen molar-refractivity contribution in [2.75, 3.05) is 26.3 Å². The van der Waals surface area contributed by atoms with Crippen LogP contribution in [0.4, 0.5) is 0 Å². The molecule has 2 heterocycles. The van der Waals surface area contributed by atoms with Crippen molar-refractivity contribution >= 4 is 5.91 Å². The van der Waals surface area contributed by atoms with Crippen LogP contribution in [0, 0.1) is 0 Å². The van der Waals surface area contributed by atoms with Gasteiger partial charge in [-0.25, -0.2) is 0 Å². The predicted molar refractivity (Wildman–Crippen MR) is 79.4 cm³/mol. The lowest BCUT2D eigenvalue weighted by molar-refractivity contribution is 0.0678. The molecule has 5 heteroatoms. The van der Waals surface area contributed by atoms with Crippen LogP contribution >= 0.6 is 0 Å². The van der Waals surface area contributed by atoms with E-state index in [-0.39, 0.29) is 18.1 Å². The van der Waals surface area contributed by atoms with E-state index in [0.29, 0.717) is 18.7 Å². The summed E-state index contributed by atoms with van der Waals surface area (Å²) < 4.78 is 11.3. The number of hydrogen-bond acceptors (Lipinski definition) is 4. The van der Waals surface area contributed by atoms with Crippen LogP contribution in [0.15, 0.2) is 24.3 Å². The number of nitrogens with zero attached hydrogens (tertiary/aromatic N) is 1. The van der Waals surface area contributed by atoms with Crippen LogP contribution in [0.2, 0.25) is 0 Å². The second-order valence-electron chi connectivity index (χ2n) is 5.77. The van der Waals surface area contributed by atoms with Crippen molar-refractivity contribution in [3.05, 3.63) is 29.8 Å². The third kappa shape index (κ3) is 3.54. The first-order valence-electron chi connectivity index (χ1n) is 7.62. The van der Waals surface area contributed by atoms with E-state index in [4.69, 9.17) is 15.2 Å². The number of benzene rings is 1. The fraction of sp³-hybridized carbons (Fsp3) is 0.562. The third-order valence-corrected chi connectivity index (χ3v) is 4.05. The Labute approximate surface area is 125 Å². The predicted octanol–water partition coefficient (Wildman–Crippen LogP) is 1.42. The number of carbonyl (C=O) groups excluding carboxylic acids is 1. The Morgan fingerprint density at radius 3 is 3.05 bits per heavy atom. The standard InChI is InChI=1S/C16H22N2O3/c17-13-6-7-18(10-13)16(19)12-3-1-4-14(9-12)21-11-15-5-2-8-20-15/h1,3-4,9,13,15H,2,5-8,10-11,17H2/t13-,15?/m1/s1. The molecule has 1 unspecified atom stereocenters. The zero-order valence-corrected chi connectivity index (χ0v) is 12.2. The Morgan fingerprint density at radius 2 is 2.33 bits per heavy atom. The first kappa shape index (κ1) is 14.4. The van der Waals surface area contributed by atoms with Gasteiger partial charge in [0.05, 0.1) is 6.10 Å². The molecule has 21 heavy (non-hydrogen) atoms. The van der Waals surface area contributed by atoms with Crippen LogP contribution in [0.1, 0.15) is 29.6 Å².